The maximum absolute atomic E-state index is 11.0. The Bertz CT molecular complexity index is 143. The average molecular weight is 161 g/mol. The van der Waals surface area contributed by atoms with Gasteiger partial charge >= 0.3 is 5.97 Å². The number of carbonyl (C=O) groups is 1. The quantitative estimate of drug-likeness (QED) is 0.555. The Morgan fingerprint density at radius 1 is 1.82 bits per heavy atom. The number of esters is 1. The van der Waals surface area contributed by atoms with Crippen molar-refractivity contribution in [1.29, 1.82) is 0 Å². The first-order valence-electron chi connectivity index (χ1n) is 3.57. The van der Waals surface area contributed by atoms with Crippen LogP contribution in [0.3, 0.4) is 0 Å². The second-order valence-corrected chi connectivity index (χ2v) is 2.68. The third-order valence-corrected chi connectivity index (χ3v) is 1.58. The lowest BCUT2D eigenvalue weighted by Gasteiger charge is -2.24. The summed E-state index contributed by atoms with van der Waals surface area (Å²) in [7, 11) is 0. The normalized spacial score (nSPS) is 18.6. The first-order chi connectivity index (χ1) is 4.92. The molecule has 0 aromatic rings. The molecule has 2 atom stereocenters. The Labute approximate surface area is 66.3 Å². The molecule has 0 amide bonds. The lowest BCUT2D eigenvalue weighted by molar-refractivity contribution is -0.152. The van der Waals surface area contributed by atoms with Gasteiger partial charge < -0.3 is 15.6 Å². The predicted octanol–water partition coefficient (Wildman–Crippen LogP) is -0.352. The van der Waals surface area contributed by atoms with Crippen LogP contribution in [0.25, 0.3) is 0 Å². The molecule has 0 bridgehead atoms. The largest absolute Gasteiger partial charge is 0.465 e. The summed E-state index contributed by atoms with van der Waals surface area (Å²) in [4.78, 5) is 11.0. The van der Waals surface area contributed by atoms with Crippen LogP contribution in [0.15, 0.2) is 0 Å². The van der Waals surface area contributed by atoms with Gasteiger partial charge in [-0.15, -0.1) is 0 Å². The van der Waals surface area contributed by atoms with E-state index in [0.717, 1.165) is 0 Å². The van der Waals surface area contributed by atoms with Crippen LogP contribution < -0.4 is 5.73 Å². The minimum absolute atomic E-state index is 0.276. The van der Waals surface area contributed by atoms with E-state index in [4.69, 9.17) is 10.8 Å². The molecule has 0 radical (unpaired) electrons. The molecule has 4 heteroatoms. The van der Waals surface area contributed by atoms with Crippen molar-refractivity contribution in [3.05, 3.63) is 0 Å². The molecule has 0 heterocycles. The minimum Gasteiger partial charge on any atom is -0.465 e. The van der Waals surface area contributed by atoms with E-state index in [-0.39, 0.29) is 6.61 Å². The molecule has 0 aliphatic rings. The number of aliphatic hydroxyl groups is 1. The third-order valence-electron chi connectivity index (χ3n) is 1.58. The van der Waals surface area contributed by atoms with Crippen molar-refractivity contribution in [3.8, 4) is 0 Å². The highest BCUT2D eigenvalue weighted by molar-refractivity contribution is 5.80. The van der Waals surface area contributed by atoms with Crippen LogP contribution in [0.4, 0.5) is 0 Å². The van der Waals surface area contributed by atoms with Crippen molar-refractivity contribution in [2.45, 2.75) is 32.4 Å². The summed E-state index contributed by atoms with van der Waals surface area (Å²) in [5.74, 6) is -0.574. The van der Waals surface area contributed by atoms with E-state index in [1.807, 2.05) is 0 Å². The van der Waals surface area contributed by atoms with Gasteiger partial charge in [-0.05, 0) is 20.8 Å². The molecule has 4 nitrogen and oxygen atoms in total. The van der Waals surface area contributed by atoms with Gasteiger partial charge in [-0.1, -0.05) is 0 Å². The molecule has 0 spiro atoms. The van der Waals surface area contributed by atoms with E-state index in [0.29, 0.717) is 0 Å². The predicted molar refractivity (Wildman–Crippen MR) is 40.9 cm³/mol. The summed E-state index contributed by atoms with van der Waals surface area (Å²) in [6, 6.07) is 0. The molecular formula is C7H15NO3. The van der Waals surface area contributed by atoms with E-state index >= 15 is 0 Å². The van der Waals surface area contributed by atoms with Crippen LogP contribution in [-0.4, -0.2) is 29.3 Å². The van der Waals surface area contributed by atoms with Gasteiger partial charge in [-0.3, -0.25) is 0 Å². The molecule has 11 heavy (non-hydrogen) atoms. The molecule has 3 N–H and O–H groups in total. The zero-order chi connectivity index (χ0) is 9.07. The van der Waals surface area contributed by atoms with Crippen molar-refractivity contribution >= 4 is 5.97 Å². The Balaban J connectivity index is 4.18. The van der Waals surface area contributed by atoms with Crippen molar-refractivity contribution in [3.63, 3.8) is 0 Å². The number of carbonyl (C=O) groups excluding carboxylic acids is 1. The highest BCUT2D eigenvalue weighted by Gasteiger charge is 2.34. The third kappa shape index (κ3) is 2.48. The molecule has 0 saturated carbocycles. The van der Waals surface area contributed by atoms with Gasteiger partial charge in [0.25, 0.3) is 0 Å². The highest BCUT2D eigenvalue weighted by atomic mass is 16.5. The molecule has 0 aromatic heterocycles. The summed E-state index contributed by atoms with van der Waals surface area (Å²) in [5, 5.41) is 9.05. The van der Waals surface area contributed by atoms with E-state index < -0.39 is 17.6 Å². The second-order valence-electron chi connectivity index (χ2n) is 2.68. The van der Waals surface area contributed by atoms with E-state index in [1.165, 1.54) is 13.8 Å². The van der Waals surface area contributed by atoms with Gasteiger partial charge in [-0.2, -0.15) is 0 Å². The van der Waals surface area contributed by atoms with Crippen LogP contribution >= 0.6 is 0 Å². The van der Waals surface area contributed by atoms with Crippen LogP contribution in [-0.2, 0) is 9.53 Å². The zero-order valence-electron chi connectivity index (χ0n) is 7.13. The molecule has 0 rings (SSSR count). The minimum atomic E-state index is -1.30. The lowest BCUT2D eigenvalue weighted by atomic mass is 9.98. The van der Waals surface area contributed by atoms with Crippen LogP contribution in [0, 0.1) is 0 Å². The van der Waals surface area contributed by atoms with Crippen molar-refractivity contribution in [2.75, 3.05) is 6.61 Å². The first-order valence-corrected chi connectivity index (χ1v) is 3.57. The monoisotopic (exact) mass is 161 g/mol. The number of hydrogen-bond acceptors (Lipinski definition) is 4. The fraction of sp³-hybridized carbons (Fsp3) is 0.857. The maximum atomic E-state index is 11.0. The first kappa shape index (κ1) is 10.4. The van der Waals surface area contributed by atoms with Crippen LogP contribution in [0.2, 0.25) is 0 Å². The zero-order valence-corrected chi connectivity index (χ0v) is 7.13. The smallest absolute Gasteiger partial charge is 0.328 e. The SMILES string of the molecule is CCOC(=O)[C@@](C)(N)[C@@H](C)O. The van der Waals surface area contributed by atoms with Gasteiger partial charge in [-0.25, -0.2) is 4.79 Å². The number of hydrogen-bond donors (Lipinski definition) is 2. The lowest BCUT2D eigenvalue weighted by Crippen LogP contribution is -2.54. The Morgan fingerprint density at radius 3 is 2.55 bits per heavy atom. The average Bonchev–Trinajstić information content (AvgIpc) is 1.88. The van der Waals surface area contributed by atoms with Gasteiger partial charge in [0.15, 0.2) is 0 Å². The number of nitrogens with two attached hydrogens (primary N) is 1. The molecule has 0 fully saturated rings. The molecule has 66 valence electrons. The second kappa shape index (κ2) is 3.69. The van der Waals surface area contributed by atoms with Crippen molar-refractivity contribution < 1.29 is 14.6 Å². The van der Waals surface area contributed by atoms with E-state index in [9.17, 15) is 4.79 Å². The summed E-state index contributed by atoms with van der Waals surface area (Å²) in [6.07, 6.45) is -0.901. The van der Waals surface area contributed by atoms with Gasteiger partial charge in [0, 0.05) is 0 Å². The van der Waals surface area contributed by atoms with Crippen LogP contribution in [0.5, 0.6) is 0 Å². The summed E-state index contributed by atoms with van der Waals surface area (Å²) in [6.45, 7) is 4.86. The van der Waals surface area contributed by atoms with E-state index in [1.54, 1.807) is 6.92 Å². The summed E-state index contributed by atoms with van der Waals surface area (Å²) in [5.41, 5.74) is 4.17. The number of aliphatic hydroxyl groups excluding tert-OH is 1. The van der Waals surface area contributed by atoms with Crippen molar-refractivity contribution in [1.82, 2.24) is 0 Å². The summed E-state index contributed by atoms with van der Waals surface area (Å²) < 4.78 is 4.64. The number of ether oxygens (including phenoxy) is 1. The maximum Gasteiger partial charge on any atom is 0.328 e. The van der Waals surface area contributed by atoms with Gasteiger partial charge in [0.05, 0.1) is 12.7 Å². The van der Waals surface area contributed by atoms with Crippen LogP contribution in [0.1, 0.15) is 20.8 Å². The van der Waals surface area contributed by atoms with Crippen molar-refractivity contribution in [2.24, 2.45) is 5.73 Å². The molecule has 0 aliphatic heterocycles. The fourth-order valence-electron chi connectivity index (χ4n) is 0.457. The molecule has 0 unspecified atom stereocenters. The topological polar surface area (TPSA) is 72.5 Å². The summed E-state index contributed by atoms with van der Waals surface area (Å²) >= 11 is 0. The standard InChI is InChI=1S/C7H15NO3/c1-4-11-6(10)7(3,8)5(2)9/h5,9H,4,8H2,1-3H3/t5-,7+/m1/s1. The molecule has 0 aromatic carbocycles. The molecular weight excluding hydrogens is 146 g/mol. The highest BCUT2D eigenvalue weighted by Crippen LogP contribution is 2.07. The van der Waals surface area contributed by atoms with Gasteiger partial charge in [0.1, 0.15) is 5.54 Å². The Kier molecular flexibility index (Phi) is 3.48. The Morgan fingerprint density at radius 2 is 2.27 bits per heavy atom. The Hall–Kier alpha value is -0.610. The molecule has 0 saturated heterocycles. The number of rotatable bonds is 3. The fourth-order valence-corrected chi connectivity index (χ4v) is 0.457. The van der Waals surface area contributed by atoms with E-state index in [2.05, 4.69) is 4.74 Å². The molecule has 0 aliphatic carbocycles. The van der Waals surface area contributed by atoms with Gasteiger partial charge in [0.2, 0.25) is 0 Å².